The molecular weight excluding hydrogens is 210 g/mol. The minimum atomic E-state index is -2.81. The third kappa shape index (κ3) is 2.36. The average molecular weight is 218 g/mol. The molecule has 0 aliphatic rings. The zero-order valence-corrected chi connectivity index (χ0v) is 8.03. The molecule has 0 aliphatic carbocycles. The van der Waals surface area contributed by atoms with Crippen LogP contribution in [0.2, 0.25) is 0 Å². The molecular formula is C8H8F2N2O3. The van der Waals surface area contributed by atoms with Crippen molar-refractivity contribution in [3.63, 3.8) is 0 Å². The van der Waals surface area contributed by atoms with Gasteiger partial charge in [-0.25, -0.2) is 23.5 Å². The highest BCUT2D eigenvalue weighted by molar-refractivity contribution is 5.86. The van der Waals surface area contributed by atoms with Gasteiger partial charge in [0, 0.05) is 0 Å². The Morgan fingerprint density at radius 3 is 2.60 bits per heavy atom. The number of methoxy groups -OCH3 is 2. The molecule has 0 fully saturated rings. The van der Waals surface area contributed by atoms with Crippen LogP contribution in [0.1, 0.15) is 22.6 Å². The minimum Gasteiger partial charge on any atom is -0.480 e. The van der Waals surface area contributed by atoms with Crippen molar-refractivity contribution in [1.82, 2.24) is 9.97 Å². The SMILES string of the molecule is COC(=O)c1cnc(C(F)F)c(OC)n1. The fourth-order valence-electron chi connectivity index (χ4n) is 0.884. The number of nitrogens with zero attached hydrogens (tertiary/aromatic N) is 2. The molecule has 1 aromatic heterocycles. The van der Waals surface area contributed by atoms with Gasteiger partial charge >= 0.3 is 5.97 Å². The molecule has 0 bridgehead atoms. The van der Waals surface area contributed by atoms with Crippen molar-refractivity contribution in [2.75, 3.05) is 14.2 Å². The first-order valence-electron chi connectivity index (χ1n) is 3.87. The van der Waals surface area contributed by atoms with Gasteiger partial charge < -0.3 is 9.47 Å². The van der Waals surface area contributed by atoms with Crippen molar-refractivity contribution in [2.24, 2.45) is 0 Å². The number of ether oxygens (including phenoxy) is 2. The van der Waals surface area contributed by atoms with Crippen LogP contribution in [-0.2, 0) is 4.74 Å². The lowest BCUT2D eigenvalue weighted by molar-refractivity contribution is 0.0591. The maximum Gasteiger partial charge on any atom is 0.358 e. The summed E-state index contributed by atoms with van der Waals surface area (Å²) in [6, 6.07) is 0. The molecule has 1 rings (SSSR count). The lowest BCUT2D eigenvalue weighted by Gasteiger charge is -2.06. The van der Waals surface area contributed by atoms with E-state index in [2.05, 4.69) is 19.4 Å². The molecule has 1 heterocycles. The van der Waals surface area contributed by atoms with Crippen LogP contribution in [0.15, 0.2) is 6.20 Å². The molecule has 5 nitrogen and oxygen atoms in total. The van der Waals surface area contributed by atoms with E-state index in [1.165, 1.54) is 0 Å². The number of halogens is 2. The van der Waals surface area contributed by atoms with Gasteiger partial charge in [0.25, 0.3) is 6.43 Å². The van der Waals surface area contributed by atoms with Crippen molar-refractivity contribution in [1.29, 1.82) is 0 Å². The second kappa shape index (κ2) is 4.63. The highest BCUT2D eigenvalue weighted by atomic mass is 19.3. The molecule has 0 amide bonds. The van der Waals surface area contributed by atoms with E-state index in [0.717, 1.165) is 20.4 Å². The van der Waals surface area contributed by atoms with Gasteiger partial charge in [0.05, 0.1) is 20.4 Å². The Hall–Kier alpha value is -1.79. The first kappa shape index (κ1) is 11.3. The quantitative estimate of drug-likeness (QED) is 0.713. The van der Waals surface area contributed by atoms with E-state index in [-0.39, 0.29) is 11.6 Å². The van der Waals surface area contributed by atoms with E-state index in [0.29, 0.717) is 0 Å². The molecule has 0 spiro atoms. The van der Waals surface area contributed by atoms with Crippen LogP contribution in [0.25, 0.3) is 0 Å². The summed E-state index contributed by atoms with van der Waals surface area (Å²) in [5.41, 5.74) is -0.788. The second-order valence-corrected chi connectivity index (χ2v) is 2.44. The lowest BCUT2D eigenvalue weighted by atomic mass is 10.4. The summed E-state index contributed by atoms with van der Waals surface area (Å²) < 4.78 is 33.6. The van der Waals surface area contributed by atoms with Gasteiger partial charge in [-0.15, -0.1) is 0 Å². The van der Waals surface area contributed by atoms with Crippen molar-refractivity contribution in [3.8, 4) is 5.88 Å². The summed E-state index contributed by atoms with van der Waals surface area (Å²) in [5.74, 6) is -1.14. The number of esters is 1. The molecule has 0 atom stereocenters. The highest BCUT2D eigenvalue weighted by Gasteiger charge is 2.19. The molecule has 0 saturated heterocycles. The number of carbonyl (C=O) groups is 1. The standard InChI is InChI=1S/C8H8F2N2O3/c1-14-7-5(6(9)10)11-3-4(12-7)8(13)15-2/h3,6H,1-2H3. The molecule has 0 unspecified atom stereocenters. The van der Waals surface area contributed by atoms with E-state index < -0.39 is 18.1 Å². The number of hydrogen-bond donors (Lipinski definition) is 0. The topological polar surface area (TPSA) is 61.3 Å². The Morgan fingerprint density at radius 2 is 2.13 bits per heavy atom. The Kier molecular flexibility index (Phi) is 3.48. The highest BCUT2D eigenvalue weighted by Crippen LogP contribution is 2.24. The zero-order valence-electron chi connectivity index (χ0n) is 8.03. The summed E-state index contributed by atoms with van der Waals surface area (Å²) in [6.07, 6.45) is -1.89. The second-order valence-electron chi connectivity index (χ2n) is 2.44. The van der Waals surface area contributed by atoms with E-state index in [1.54, 1.807) is 0 Å². The summed E-state index contributed by atoms with van der Waals surface area (Å²) in [4.78, 5) is 17.9. The van der Waals surface area contributed by atoms with Crippen LogP contribution < -0.4 is 4.74 Å². The van der Waals surface area contributed by atoms with Gasteiger partial charge in [-0.3, -0.25) is 0 Å². The first-order chi connectivity index (χ1) is 7.10. The smallest absolute Gasteiger partial charge is 0.358 e. The number of carbonyl (C=O) groups excluding carboxylic acids is 1. The maximum atomic E-state index is 12.3. The summed E-state index contributed by atoms with van der Waals surface area (Å²) >= 11 is 0. The van der Waals surface area contributed by atoms with E-state index in [1.807, 2.05) is 0 Å². The van der Waals surface area contributed by atoms with Crippen LogP contribution in [0.4, 0.5) is 8.78 Å². The van der Waals surface area contributed by atoms with Gasteiger partial charge in [-0.1, -0.05) is 0 Å². The van der Waals surface area contributed by atoms with Gasteiger partial charge in [0.15, 0.2) is 11.4 Å². The Morgan fingerprint density at radius 1 is 1.47 bits per heavy atom. The van der Waals surface area contributed by atoms with Crippen LogP contribution >= 0.6 is 0 Å². The Labute approximate surface area is 84.1 Å². The largest absolute Gasteiger partial charge is 0.480 e. The van der Waals surface area contributed by atoms with Gasteiger partial charge in [-0.05, 0) is 0 Å². The van der Waals surface area contributed by atoms with Gasteiger partial charge in [-0.2, -0.15) is 0 Å². The zero-order chi connectivity index (χ0) is 11.4. The Balaban J connectivity index is 3.13. The number of aromatic nitrogens is 2. The van der Waals surface area contributed by atoms with Crippen molar-refractivity contribution < 1.29 is 23.0 Å². The van der Waals surface area contributed by atoms with E-state index >= 15 is 0 Å². The summed E-state index contributed by atoms with van der Waals surface area (Å²) in [5, 5.41) is 0. The predicted octanol–water partition coefficient (Wildman–Crippen LogP) is 1.21. The fraction of sp³-hybridized carbons (Fsp3) is 0.375. The number of hydrogen-bond acceptors (Lipinski definition) is 5. The molecule has 1 aromatic rings. The monoisotopic (exact) mass is 218 g/mol. The van der Waals surface area contributed by atoms with Crippen molar-refractivity contribution in [3.05, 3.63) is 17.6 Å². The Bertz CT molecular complexity index is 371. The number of alkyl halides is 2. The third-order valence-electron chi connectivity index (χ3n) is 1.56. The fourth-order valence-corrected chi connectivity index (χ4v) is 0.884. The molecule has 0 radical (unpaired) electrons. The van der Waals surface area contributed by atoms with Crippen LogP contribution in [0.3, 0.4) is 0 Å². The van der Waals surface area contributed by atoms with E-state index in [4.69, 9.17) is 0 Å². The van der Waals surface area contributed by atoms with Crippen LogP contribution in [0, 0.1) is 0 Å². The van der Waals surface area contributed by atoms with Gasteiger partial charge in [0.2, 0.25) is 5.88 Å². The molecule has 82 valence electrons. The number of rotatable bonds is 3. The minimum absolute atomic E-state index is 0.182. The summed E-state index contributed by atoms with van der Waals surface area (Å²) in [6.45, 7) is 0. The van der Waals surface area contributed by atoms with Gasteiger partial charge in [0.1, 0.15) is 0 Å². The van der Waals surface area contributed by atoms with Crippen LogP contribution in [0.5, 0.6) is 5.88 Å². The normalized spacial score (nSPS) is 10.2. The molecule has 7 heteroatoms. The molecule has 0 saturated carbocycles. The van der Waals surface area contributed by atoms with Crippen molar-refractivity contribution >= 4 is 5.97 Å². The molecule has 0 N–H and O–H groups in total. The third-order valence-corrected chi connectivity index (χ3v) is 1.56. The molecule has 0 aromatic carbocycles. The first-order valence-corrected chi connectivity index (χ1v) is 3.87. The van der Waals surface area contributed by atoms with Crippen LogP contribution in [-0.4, -0.2) is 30.2 Å². The molecule has 15 heavy (non-hydrogen) atoms. The average Bonchev–Trinajstić information content (AvgIpc) is 2.26. The van der Waals surface area contributed by atoms with Crippen molar-refractivity contribution in [2.45, 2.75) is 6.43 Å². The molecule has 0 aliphatic heterocycles. The van der Waals surface area contributed by atoms with E-state index in [9.17, 15) is 13.6 Å². The lowest BCUT2D eigenvalue weighted by Crippen LogP contribution is -2.08. The summed E-state index contributed by atoms with van der Waals surface area (Å²) in [7, 11) is 2.31. The maximum absolute atomic E-state index is 12.3. The predicted molar refractivity (Wildman–Crippen MR) is 44.9 cm³/mol.